The highest BCUT2D eigenvalue weighted by molar-refractivity contribution is 4.42. The van der Waals surface area contributed by atoms with Crippen molar-refractivity contribution >= 4 is 0 Å². The monoisotopic (exact) mass is 525 g/mol. The van der Waals surface area contributed by atoms with E-state index in [1.807, 2.05) is 14.1 Å². The minimum atomic E-state index is 0.538. The molecular formula is C26H55NO9. The SMILES string of the molecule is CCCCCCOCCOCCOCCOCCOCCOCCOCCOCCOCCN(C)C. The highest BCUT2D eigenvalue weighted by Gasteiger charge is 1.96. The molecule has 0 aromatic heterocycles. The molecule has 0 N–H and O–H groups in total. The van der Waals surface area contributed by atoms with Crippen LogP contribution in [0, 0.1) is 0 Å². The first-order valence-corrected chi connectivity index (χ1v) is 13.6. The highest BCUT2D eigenvalue weighted by Crippen LogP contribution is 1.98. The Morgan fingerprint density at radius 1 is 0.333 bits per heavy atom. The fourth-order valence-corrected chi connectivity index (χ4v) is 2.74. The van der Waals surface area contributed by atoms with Crippen molar-refractivity contribution in [2.45, 2.75) is 32.6 Å². The molecule has 0 heterocycles. The number of hydrogen-bond donors (Lipinski definition) is 0. The van der Waals surface area contributed by atoms with Gasteiger partial charge in [-0.3, -0.25) is 0 Å². The Balaban J connectivity index is 3.01. The summed E-state index contributed by atoms with van der Waals surface area (Å²) >= 11 is 0. The molecule has 0 radical (unpaired) electrons. The van der Waals surface area contributed by atoms with Crippen molar-refractivity contribution in [3.63, 3.8) is 0 Å². The average molecular weight is 526 g/mol. The summed E-state index contributed by atoms with van der Waals surface area (Å²) in [7, 11) is 4.05. The fourth-order valence-electron chi connectivity index (χ4n) is 2.74. The van der Waals surface area contributed by atoms with Crippen molar-refractivity contribution in [2.24, 2.45) is 0 Å². The number of rotatable bonds is 32. The van der Waals surface area contributed by atoms with E-state index in [1.165, 1.54) is 19.3 Å². The lowest BCUT2D eigenvalue weighted by Crippen LogP contribution is -2.19. The molecule has 0 aromatic rings. The Morgan fingerprint density at radius 3 is 0.889 bits per heavy atom. The summed E-state index contributed by atoms with van der Waals surface area (Å²) in [6.07, 6.45) is 4.92. The van der Waals surface area contributed by atoms with Crippen LogP contribution >= 0.6 is 0 Å². The summed E-state index contributed by atoms with van der Waals surface area (Å²) in [5.41, 5.74) is 0. The molecule has 0 saturated heterocycles. The van der Waals surface area contributed by atoms with E-state index in [0.29, 0.717) is 106 Å². The molecule has 10 nitrogen and oxygen atoms in total. The molecule has 0 bridgehead atoms. The standard InChI is InChI=1S/C26H55NO9/c1-4-5-6-7-9-28-11-13-30-15-17-32-19-21-34-23-25-36-26-24-35-22-20-33-18-16-31-14-12-29-10-8-27(2)3/h4-26H2,1-3H3. The van der Waals surface area contributed by atoms with E-state index in [4.69, 9.17) is 42.6 Å². The maximum Gasteiger partial charge on any atom is 0.0701 e. The zero-order chi connectivity index (χ0) is 26.2. The van der Waals surface area contributed by atoms with Crippen LogP contribution in [0.25, 0.3) is 0 Å². The number of likely N-dealkylation sites (N-methyl/N-ethyl adjacent to an activating group) is 1. The van der Waals surface area contributed by atoms with Crippen molar-refractivity contribution in [2.75, 3.05) is 140 Å². The number of ether oxygens (including phenoxy) is 9. The van der Waals surface area contributed by atoms with Crippen LogP contribution in [0.2, 0.25) is 0 Å². The van der Waals surface area contributed by atoms with Crippen molar-refractivity contribution in [3.05, 3.63) is 0 Å². The Kier molecular flexibility index (Phi) is 32.3. The topological polar surface area (TPSA) is 86.3 Å². The average Bonchev–Trinajstić information content (AvgIpc) is 2.87. The molecule has 0 aliphatic rings. The predicted molar refractivity (Wildman–Crippen MR) is 140 cm³/mol. The normalized spacial score (nSPS) is 11.7. The summed E-state index contributed by atoms with van der Waals surface area (Å²) < 4.78 is 49.2. The van der Waals surface area contributed by atoms with Gasteiger partial charge in [0.2, 0.25) is 0 Å². The lowest BCUT2D eigenvalue weighted by molar-refractivity contribution is -0.0251. The highest BCUT2D eigenvalue weighted by atomic mass is 16.6. The predicted octanol–water partition coefficient (Wildman–Crippen LogP) is 2.28. The van der Waals surface area contributed by atoms with E-state index in [1.54, 1.807) is 0 Å². The van der Waals surface area contributed by atoms with Gasteiger partial charge < -0.3 is 47.5 Å². The molecule has 0 saturated carbocycles. The van der Waals surface area contributed by atoms with E-state index in [2.05, 4.69) is 11.8 Å². The maximum atomic E-state index is 5.52. The van der Waals surface area contributed by atoms with Gasteiger partial charge in [-0.25, -0.2) is 0 Å². The molecule has 0 spiro atoms. The minimum absolute atomic E-state index is 0.538. The van der Waals surface area contributed by atoms with E-state index in [9.17, 15) is 0 Å². The molecule has 0 atom stereocenters. The van der Waals surface area contributed by atoms with Gasteiger partial charge in [0.05, 0.1) is 112 Å². The molecule has 0 unspecified atom stereocenters. The molecule has 0 fully saturated rings. The number of hydrogen-bond acceptors (Lipinski definition) is 10. The van der Waals surface area contributed by atoms with Crippen LogP contribution in [-0.4, -0.2) is 144 Å². The summed E-state index contributed by atoms with van der Waals surface area (Å²) in [6, 6.07) is 0. The summed E-state index contributed by atoms with van der Waals surface area (Å²) in [5, 5.41) is 0. The zero-order valence-corrected chi connectivity index (χ0v) is 23.4. The van der Waals surface area contributed by atoms with Gasteiger partial charge >= 0.3 is 0 Å². The Morgan fingerprint density at radius 2 is 0.611 bits per heavy atom. The lowest BCUT2D eigenvalue weighted by Gasteiger charge is -2.10. The van der Waals surface area contributed by atoms with Gasteiger partial charge in [0.15, 0.2) is 0 Å². The van der Waals surface area contributed by atoms with Gasteiger partial charge in [-0.2, -0.15) is 0 Å². The lowest BCUT2D eigenvalue weighted by atomic mass is 10.2. The van der Waals surface area contributed by atoms with Gasteiger partial charge in [-0.15, -0.1) is 0 Å². The second-order valence-corrected chi connectivity index (χ2v) is 8.38. The third kappa shape index (κ3) is 33.6. The van der Waals surface area contributed by atoms with E-state index in [-0.39, 0.29) is 0 Å². The number of nitrogens with zero attached hydrogens (tertiary/aromatic N) is 1. The molecule has 0 aliphatic heterocycles. The van der Waals surface area contributed by atoms with E-state index >= 15 is 0 Å². The number of unbranched alkanes of at least 4 members (excludes halogenated alkanes) is 3. The largest absolute Gasteiger partial charge is 0.379 e. The van der Waals surface area contributed by atoms with Gasteiger partial charge in [0.25, 0.3) is 0 Å². The first-order chi connectivity index (χ1) is 17.8. The summed E-state index contributed by atoms with van der Waals surface area (Å²) in [6.45, 7) is 13.8. The van der Waals surface area contributed by atoms with Crippen LogP contribution in [0.5, 0.6) is 0 Å². The molecule has 0 aliphatic carbocycles. The molecule has 10 heteroatoms. The van der Waals surface area contributed by atoms with Crippen molar-refractivity contribution in [1.29, 1.82) is 0 Å². The van der Waals surface area contributed by atoms with Crippen molar-refractivity contribution in [1.82, 2.24) is 4.90 Å². The van der Waals surface area contributed by atoms with Crippen LogP contribution in [0.3, 0.4) is 0 Å². The first kappa shape index (κ1) is 35.6. The first-order valence-electron chi connectivity index (χ1n) is 13.6. The van der Waals surface area contributed by atoms with Gasteiger partial charge in [0.1, 0.15) is 0 Å². The van der Waals surface area contributed by atoms with Crippen LogP contribution in [-0.2, 0) is 42.6 Å². The second kappa shape index (κ2) is 32.6. The summed E-state index contributed by atoms with van der Waals surface area (Å²) in [5.74, 6) is 0. The Bertz CT molecular complexity index is 392. The van der Waals surface area contributed by atoms with Crippen LogP contribution in [0.1, 0.15) is 32.6 Å². The third-order valence-corrected chi connectivity index (χ3v) is 4.80. The Hall–Kier alpha value is -0.400. The minimum Gasteiger partial charge on any atom is -0.379 e. The fraction of sp³-hybridized carbons (Fsp3) is 1.00. The summed E-state index contributed by atoms with van der Waals surface area (Å²) in [4.78, 5) is 2.09. The van der Waals surface area contributed by atoms with Crippen LogP contribution in [0.15, 0.2) is 0 Å². The third-order valence-electron chi connectivity index (χ3n) is 4.80. The Labute approximate surface area is 220 Å². The van der Waals surface area contributed by atoms with Gasteiger partial charge in [-0.05, 0) is 20.5 Å². The smallest absolute Gasteiger partial charge is 0.0701 e. The zero-order valence-electron chi connectivity index (χ0n) is 23.4. The van der Waals surface area contributed by atoms with Gasteiger partial charge in [0, 0.05) is 13.2 Å². The van der Waals surface area contributed by atoms with E-state index in [0.717, 1.165) is 26.2 Å². The van der Waals surface area contributed by atoms with Gasteiger partial charge in [-0.1, -0.05) is 26.2 Å². The van der Waals surface area contributed by atoms with Crippen molar-refractivity contribution < 1.29 is 42.6 Å². The van der Waals surface area contributed by atoms with Crippen molar-refractivity contribution in [3.8, 4) is 0 Å². The van der Waals surface area contributed by atoms with Crippen LogP contribution in [0.4, 0.5) is 0 Å². The maximum absolute atomic E-state index is 5.52. The molecule has 0 aromatic carbocycles. The molecule has 218 valence electrons. The molecule has 36 heavy (non-hydrogen) atoms. The molecular weight excluding hydrogens is 470 g/mol. The van der Waals surface area contributed by atoms with Crippen LogP contribution < -0.4 is 0 Å². The molecule has 0 amide bonds. The molecule has 0 rings (SSSR count). The quantitative estimate of drug-likeness (QED) is 0.122. The second-order valence-electron chi connectivity index (χ2n) is 8.38. The van der Waals surface area contributed by atoms with E-state index < -0.39 is 0 Å².